The molecule has 1 saturated carbocycles. The zero-order valence-electron chi connectivity index (χ0n) is 11.5. The van der Waals surface area contributed by atoms with Crippen LogP contribution in [0, 0.1) is 5.92 Å². The molecule has 0 amide bonds. The Morgan fingerprint density at radius 1 is 1.44 bits per heavy atom. The van der Waals surface area contributed by atoms with Crippen molar-refractivity contribution in [3.8, 4) is 0 Å². The second-order valence-corrected chi connectivity index (χ2v) is 6.67. The van der Waals surface area contributed by atoms with Crippen molar-refractivity contribution in [3.63, 3.8) is 0 Å². The number of nitrogens with one attached hydrogen (secondary N) is 1. The quantitative estimate of drug-likeness (QED) is 0.855. The molecule has 2 rings (SSSR count). The first-order valence-electron chi connectivity index (χ1n) is 7.19. The van der Waals surface area contributed by atoms with Crippen molar-refractivity contribution in [2.24, 2.45) is 5.92 Å². The molecule has 1 aromatic heterocycles. The highest BCUT2D eigenvalue weighted by Crippen LogP contribution is 2.26. The topological polar surface area (TPSA) is 32.3 Å². The molecule has 3 heteroatoms. The van der Waals surface area contributed by atoms with Gasteiger partial charge in [0.1, 0.15) is 0 Å². The molecule has 0 saturated heterocycles. The highest BCUT2D eigenvalue weighted by atomic mass is 32.1. The molecule has 1 aliphatic rings. The first-order valence-corrected chi connectivity index (χ1v) is 8.00. The van der Waals surface area contributed by atoms with Gasteiger partial charge in [-0.2, -0.15) is 0 Å². The summed E-state index contributed by atoms with van der Waals surface area (Å²) in [6, 6.07) is 4.92. The lowest BCUT2D eigenvalue weighted by atomic mass is 9.87. The first kappa shape index (κ1) is 14.0. The summed E-state index contributed by atoms with van der Waals surface area (Å²) in [5.74, 6) is 0.654. The minimum absolute atomic E-state index is 0.0608. The standard InChI is InChI=1S/C15H25NOS/c1-3-14-7-8-15(18-14)11(2)16-10-12-5-4-6-13(17)9-12/h7-8,11-13,16-17H,3-6,9-10H2,1-2H3. The van der Waals surface area contributed by atoms with Crippen LogP contribution >= 0.6 is 11.3 Å². The third-order valence-electron chi connectivity index (χ3n) is 3.93. The monoisotopic (exact) mass is 267 g/mol. The van der Waals surface area contributed by atoms with Crippen LogP contribution in [0.15, 0.2) is 12.1 Å². The van der Waals surface area contributed by atoms with Gasteiger partial charge in [-0.05, 0) is 57.2 Å². The van der Waals surface area contributed by atoms with Crippen molar-refractivity contribution < 1.29 is 5.11 Å². The number of thiophene rings is 1. The van der Waals surface area contributed by atoms with Gasteiger partial charge >= 0.3 is 0 Å². The van der Waals surface area contributed by atoms with E-state index in [1.54, 1.807) is 0 Å². The highest BCUT2D eigenvalue weighted by Gasteiger charge is 2.20. The van der Waals surface area contributed by atoms with Gasteiger partial charge in [-0.15, -0.1) is 11.3 Å². The molecule has 0 aliphatic heterocycles. The van der Waals surface area contributed by atoms with Gasteiger partial charge in [0.25, 0.3) is 0 Å². The summed E-state index contributed by atoms with van der Waals surface area (Å²) in [4.78, 5) is 2.90. The van der Waals surface area contributed by atoms with Crippen molar-refractivity contribution in [2.75, 3.05) is 6.54 Å². The number of hydrogen-bond donors (Lipinski definition) is 2. The summed E-state index contributed by atoms with van der Waals surface area (Å²) in [5.41, 5.74) is 0. The van der Waals surface area contributed by atoms with Gasteiger partial charge in [0.05, 0.1) is 6.10 Å². The summed E-state index contributed by atoms with van der Waals surface area (Å²) in [6.45, 7) is 5.49. The van der Waals surface area contributed by atoms with Crippen LogP contribution in [0.5, 0.6) is 0 Å². The smallest absolute Gasteiger partial charge is 0.0543 e. The van der Waals surface area contributed by atoms with E-state index in [0.29, 0.717) is 12.0 Å². The molecule has 1 fully saturated rings. The summed E-state index contributed by atoms with van der Waals surface area (Å²) in [7, 11) is 0. The summed E-state index contributed by atoms with van der Waals surface area (Å²) < 4.78 is 0. The zero-order chi connectivity index (χ0) is 13.0. The van der Waals surface area contributed by atoms with Crippen LogP contribution in [0.4, 0.5) is 0 Å². The lowest BCUT2D eigenvalue weighted by Gasteiger charge is -2.27. The molecule has 3 unspecified atom stereocenters. The Hall–Kier alpha value is -0.380. The molecule has 3 atom stereocenters. The Morgan fingerprint density at radius 3 is 2.94 bits per heavy atom. The van der Waals surface area contributed by atoms with E-state index in [4.69, 9.17) is 0 Å². The molecule has 0 spiro atoms. The van der Waals surface area contributed by atoms with Gasteiger partial charge in [0, 0.05) is 15.8 Å². The minimum atomic E-state index is -0.0608. The molecule has 0 radical (unpaired) electrons. The Kier molecular flexibility index (Phi) is 5.22. The van der Waals surface area contributed by atoms with E-state index in [-0.39, 0.29) is 6.10 Å². The maximum atomic E-state index is 9.67. The van der Waals surface area contributed by atoms with E-state index in [1.165, 1.54) is 22.6 Å². The van der Waals surface area contributed by atoms with E-state index >= 15 is 0 Å². The largest absolute Gasteiger partial charge is 0.393 e. The second-order valence-electron chi connectivity index (χ2n) is 5.47. The van der Waals surface area contributed by atoms with Crippen LogP contribution in [0.2, 0.25) is 0 Å². The van der Waals surface area contributed by atoms with Crippen molar-refractivity contribution in [1.82, 2.24) is 5.32 Å². The van der Waals surface area contributed by atoms with Crippen molar-refractivity contribution in [3.05, 3.63) is 21.9 Å². The minimum Gasteiger partial charge on any atom is -0.393 e. The molecule has 0 aromatic carbocycles. The number of aliphatic hydroxyl groups is 1. The number of hydrogen-bond acceptors (Lipinski definition) is 3. The predicted molar refractivity (Wildman–Crippen MR) is 78.1 cm³/mol. The van der Waals surface area contributed by atoms with E-state index in [0.717, 1.165) is 25.8 Å². The fourth-order valence-corrected chi connectivity index (χ4v) is 3.69. The van der Waals surface area contributed by atoms with Gasteiger partial charge in [-0.3, -0.25) is 0 Å². The summed E-state index contributed by atoms with van der Waals surface area (Å²) >= 11 is 1.92. The third-order valence-corrected chi connectivity index (χ3v) is 5.34. The van der Waals surface area contributed by atoms with Gasteiger partial charge < -0.3 is 10.4 Å². The van der Waals surface area contributed by atoms with Crippen molar-refractivity contribution in [1.29, 1.82) is 0 Å². The van der Waals surface area contributed by atoms with E-state index in [9.17, 15) is 5.11 Å². The lowest BCUT2D eigenvalue weighted by Crippen LogP contribution is -2.30. The highest BCUT2D eigenvalue weighted by molar-refractivity contribution is 7.12. The fraction of sp³-hybridized carbons (Fsp3) is 0.733. The second kappa shape index (κ2) is 6.69. The molecule has 1 aliphatic carbocycles. The van der Waals surface area contributed by atoms with Crippen LogP contribution in [0.1, 0.15) is 55.3 Å². The molecule has 102 valence electrons. The fourth-order valence-electron chi connectivity index (χ4n) is 2.71. The maximum absolute atomic E-state index is 9.67. The van der Waals surface area contributed by atoms with Gasteiger partial charge in [0.2, 0.25) is 0 Å². The van der Waals surface area contributed by atoms with Crippen LogP contribution in [-0.2, 0) is 6.42 Å². The number of aryl methyl sites for hydroxylation is 1. The van der Waals surface area contributed by atoms with Gasteiger partial charge in [-0.1, -0.05) is 13.3 Å². The third kappa shape index (κ3) is 3.81. The maximum Gasteiger partial charge on any atom is 0.0543 e. The molecule has 2 nitrogen and oxygen atoms in total. The average Bonchev–Trinajstić information content (AvgIpc) is 2.85. The first-order chi connectivity index (χ1) is 8.69. The molecular weight excluding hydrogens is 242 g/mol. The molecule has 18 heavy (non-hydrogen) atoms. The Balaban J connectivity index is 1.78. The van der Waals surface area contributed by atoms with Crippen LogP contribution in [-0.4, -0.2) is 17.8 Å². The Labute approximate surface area is 114 Å². The van der Waals surface area contributed by atoms with Gasteiger partial charge in [-0.25, -0.2) is 0 Å². The lowest BCUT2D eigenvalue weighted by molar-refractivity contribution is 0.0998. The SMILES string of the molecule is CCc1ccc(C(C)NCC2CCCC(O)C2)s1. The predicted octanol–water partition coefficient (Wildman–Crippen LogP) is 3.51. The average molecular weight is 267 g/mol. The number of rotatable bonds is 5. The van der Waals surface area contributed by atoms with Crippen LogP contribution in [0.25, 0.3) is 0 Å². The number of aliphatic hydroxyl groups excluding tert-OH is 1. The van der Waals surface area contributed by atoms with E-state index < -0.39 is 0 Å². The van der Waals surface area contributed by atoms with Gasteiger partial charge in [0.15, 0.2) is 0 Å². The Morgan fingerprint density at radius 2 is 2.28 bits per heavy atom. The molecule has 1 heterocycles. The van der Waals surface area contributed by atoms with E-state index in [2.05, 4.69) is 31.3 Å². The zero-order valence-corrected chi connectivity index (χ0v) is 12.3. The Bertz CT molecular complexity index is 363. The van der Waals surface area contributed by atoms with Crippen LogP contribution in [0.3, 0.4) is 0 Å². The molecular formula is C15H25NOS. The van der Waals surface area contributed by atoms with Crippen molar-refractivity contribution in [2.45, 2.75) is 58.1 Å². The normalized spacial score (nSPS) is 26.2. The molecule has 0 bridgehead atoms. The molecule has 1 aromatic rings. The van der Waals surface area contributed by atoms with E-state index in [1.807, 2.05) is 11.3 Å². The molecule has 2 N–H and O–H groups in total. The van der Waals surface area contributed by atoms with Crippen molar-refractivity contribution >= 4 is 11.3 Å². The summed E-state index contributed by atoms with van der Waals surface area (Å²) in [6.07, 6.45) is 5.49. The van der Waals surface area contributed by atoms with Crippen LogP contribution < -0.4 is 5.32 Å². The summed E-state index contributed by atoms with van der Waals surface area (Å²) in [5, 5.41) is 13.3.